The SMILES string of the molecule is COc1ccc(-c2nnc(NC(=O)C(C)(C)[SH](=O)(P)C3CCOCC3)[nH]2)c(F)c1. The molecular formula is C18H26FN4O4PS. The number of H-pyrrole nitrogens is 1. The molecule has 1 unspecified atom stereocenters. The quantitative estimate of drug-likeness (QED) is 0.467. The fourth-order valence-corrected chi connectivity index (χ4v) is 6.71. The molecule has 1 saturated heterocycles. The van der Waals surface area contributed by atoms with Crippen molar-refractivity contribution in [3.63, 3.8) is 0 Å². The number of aromatic nitrogens is 3. The van der Waals surface area contributed by atoms with Gasteiger partial charge in [0.05, 0.1) is 12.7 Å². The first-order chi connectivity index (χ1) is 13.7. The molecule has 1 aromatic heterocycles. The monoisotopic (exact) mass is 444 g/mol. The molecule has 2 heterocycles. The Morgan fingerprint density at radius 1 is 1.38 bits per heavy atom. The van der Waals surface area contributed by atoms with E-state index in [0.717, 1.165) is 0 Å². The number of thiol groups is 1. The molecule has 1 amide bonds. The number of carbonyl (C=O) groups is 1. The Morgan fingerprint density at radius 3 is 2.69 bits per heavy atom. The lowest BCUT2D eigenvalue weighted by molar-refractivity contribution is -0.117. The van der Waals surface area contributed by atoms with Crippen molar-refractivity contribution in [3.8, 4) is 17.1 Å². The zero-order chi connectivity index (χ0) is 21.2. The number of carbonyl (C=O) groups excluding carboxylic acids is 1. The number of rotatable bonds is 6. The molecule has 8 nitrogen and oxygen atoms in total. The van der Waals surface area contributed by atoms with E-state index < -0.39 is 26.0 Å². The minimum absolute atomic E-state index is 0.0604. The number of aromatic amines is 1. The summed E-state index contributed by atoms with van der Waals surface area (Å²) in [6.45, 7) is 4.40. The minimum atomic E-state index is -2.94. The number of anilines is 1. The van der Waals surface area contributed by atoms with Crippen LogP contribution in [0.1, 0.15) is 26.7 Å². The fourth-order valence-electron chi connectivity index (χ4n) is 3.20. The summed E-state index contributed by atoms with van der Waals surface area (Å²) in [7, 11) is 0.939. The normalized spacial score (nSPS) is 16.4. The van der Waals surface area contributed by atoms with E-state index >= 15 is 0 Å². The van der Waals surface area contributed by atoms with Crippen LogP contribution in [0, 0.1) is 5.82 Å². The molecule has 1 aliphatic heterocycles. The fraction of sp³-hybridized carbons (Fsp3) is 0.500. The van der Waals surface area contributed by atoms with E-state index in [1.54, 1.807) is 19.9 Å². The molecule has 1 atom stereocenters. The van der Waals surface area contributed by atoms with Gasteiger partial charge in [0.2, 0.25) is 11.9 Å². The maximum Gasteiger partial charge on any atom is 0.243 e. The average molecular weight is 444 g/mol. The number of ether oxygens (including phenoxy) is 2. The third kappa shape index (κ3) is 4.34. The van der Waals surface area contributed by atoms with Crippen LogP contribution >= 0.6 is 8.44 Å². The molecule has 2 aromatic rings. The number of halogens is 1. The summed E-state index contributed by atoms with van der Waals surface area (Å²) in [6, 6.07) is 4.34. The summed E-state index contributed by atoms with van der Waals surface area (Å²) in [6.07, 6.45) is 1.31. The topological polar surface area (TPSA) is 106 Å². The third-order valence-electron chi connectivity index (χ3n) is 5.31. The van der Waals surface area contributed by atoms with E-state index in [1.165, 1.54) is 19.2 Å². The molecule has 1 aromatic carbocycles. The lowest BCUT2D eigenvalue weighted by Crippen LogP contribution is -2.51. The van der Waals surface area contributed by atoms with Crippen LogP contribution in [-0.2, 0) is 19.1 Å². The molecule has 1 aliphatic rings. The summed E-state index contributed by atoms with van der Waals surface area (Å²) in [5.74, 6) is -0.375. The van der Waals surface area contributed by atoms with Crippen LogP contribution in [0.25, 0.3) is 11.4 Å². The number of hydrogen-bond donors (Lipinski definition) is 3. The van der Waals surface area contributed by atoms with Gasteiger partial charge in [-0.25, -0.2) is 4.39 Å². The first-order valence-corrected chi connectivity index (χ1v) is 12.6. The van der Waals surface area contributed by atoms with E-state index in [4.69, 9.17) is 9.47 Å². The van der Waals surface area contributed by atoms with E-state index in [0.29, 0.717) is 31.8 Å². The largest absolute Gasteiger partial charge is 0.497 e. The molecule has 0 bridgehead atoms. The summed E-state index contributed by atoms with van der Waals surface area (Å²) in [5, 5.41) is 10.3. The van der Waals surface area contributed by atoms with E-state index in [1.807, 2.05) is 0 Å². The predicted octanol–water partition coefficient (Wildman–Crippen LogP) is 2.32. The highest BCUT2D eigenvalue weighted by Crippen LogP contribution is 2.40. The summed E-state index contributed by atoms with van der Waals surface area (Å²) >= 11 is 0. The smallest absolute Gasteiger partial charge is 0.243 e. The van der Waals surface area contributed by atoms with Crippen molar-refractivity contribution in [1.82, 2.24) is 15.2 Å². The van der Waals surface area contributed by atoms with E-state index in [2.05, 4.69) is 28.9 Å². The van der Waals surface area contributed by atoms with E-state index in [9.17, 15) is 13.4 Å². The van der Waals surface area contributed by atoms with Crippen LogP contribution in [0.2, 0.25) is 0 Å². The van der Waals surface area contributed by atoms with Crippen molar-refractivity contribution >= 4 is 29.8 Å². The van der Waals surface area contributed by atoms with Gasteiger partial charge in [-0.1, -0.05) is 18.0 Å². The Balaban J connectivity index is 1.76. The summed E-state index contributed by atoms with van der Waals surface area (Å²) < 4.78 is 36.9. The van der Waals surface area contributed by atoms with Crippen LogP contribution in [0.5, 0.6) is 5.75 Å². The van der Waals surface area contributed by atoms with Crippen LogP contribution in [0.4, 0.5) is 10.3 Å². The average Bonchev–Trinajstić information content (AvgIpc) is 3.16. The van der Waals surface area contributed by atoms with Gasteiger partial charge in [-0.15, -0.1) is 10.2 Å². The van der Waals surface area contributed by atoms with Gasteiger partial charge >= 0.3 is 0 Å². The van der Waals surface area contributed by atoms with Crippen molar-refractivity contribution in [2.45, 2.75) is 36.7 Å². The molecule has 0 saturated carbocycles. The van der Waals surface area contributed by atoms with Gasteiger partial charge in [-0.2, -0.15) is 0 Å². The highest BCUT2D eigenvalue weighted by molar-refractivity contribution is 8.46. The molecular weight excluding hydrogens is 418 g/mol. The third-order valence-corrected chi connectivity index (χ3v) is 12.1. The van der Waals surface area contributed by atoms with Crippen LogP contribution < -0.4 is 10.1 Å². The number of amides is 1. The van der Waals surface area contributed by atoms with Gasteiger partial charge in [-0.05, 0) is 38.8 Å². The Kier molecular flexibility index (Phi) is 6.36. The van der Waals surface area contributed by atoms with Gasteiger partial charge in [0, 0.05) is 24.5 Å². The number of nitrogens with zero attached hydrogens (tertiary/aromatic N) is 2. The van der Waals surface area contributed by atoms with Crippen molar-refractivity contribution in [3.05, 3.63) is 24.0 Å². The van der Waals surface area contributed by atoms with Gasteiger partial charge in [0.1, 0.15) is 16.3 Å². The highest BCUT2D eigenvalue weighted by Gasteiger charge is 2.44. The second-order valence-electron chi connectivity index (χ2n) is 7.43. The van der Waals surface area contributed by atoms with Crippen molar-refractivity contribution in [1.29, 1.82) is 0 Å². The van der Waals surface area contributed by atoms with Crippen LogP contribution in [0.3, 0.4) is 0 Å². The maximum absolute atomic E-state index is 14.2. The molecule has 160 valence electrons. The number of nitrogens with one attached hydrogen (secondary N) is 2. The van der Waals surface area contributed by atoms with Crippen LogP contribution in [-0.4, -0.2) is 55.6 Å². The predicted molar refractivity (Wildman–Crippen MR) is 114 cm³/mol. The lowest BCUT2D eigenvalue weighted by atomic mass is 10.2. The second-order valence-corrected chi connectivity index (χ2v) is 13.0. The molecule has 3 rings (SSSR count). The minimum Gasteiger partial charge on any atom is -0.497 e. The van der Waals surface area contributed by atoms with Gasteiger partial charge < -0.3 is 14.5 Å². The Hall–Kier alpha value is -1.90. The molecule has 11 heteroatoms. The van der Waals surface area contributed by atoms with E-state index in [-0.39, 0.29) is 22.6 Å². The maximum atomic E-state index is 14.2. The van der Waals surface area contributed by atoms with Crippen molar-refractivity contribution < 1.29 is 22.9 Å². The zero-order valence-electron chi connectivity index (χ0n) is 16.6. The van der Waals surface area contributed by atoms with Gasteiger partial charge in [0.15, 0.2) is 5.82 Å². The Labute approximate surface area is 171 Å². The summed E-state index contributed by atoms with van der Waals surface area (Å²) in [5.41, 5.74) is 0.192. The molecule has 2 N–H and O–H groups in total. The molecule has 1 fully saturated rings. The lowest BCUT2D eigenvalue weighted by Gasteiger charge is -2.41. The number of hydrogen-bond acceptors (Lipinski definition) is 6. The molecule has 0 aliphatic carbocycles. The zero-order valence-corrected chi connectivity index (χ0v) is 18.6. The van der Waals surface area contributed by atoms with Crippen molar-refractivity contribution in [2.75, 3.05) is 25.6 Å². The van der Waals surface area contributed by atoms with Crippen LogP contribution in [0.15, 0.2) is 18.2 Å². The standard InChI is InChI=1S/C18H26FN4O4PS/c1-18(2,29(25,28)12-6-8-27-9-7-12)16(24)21-17-20-15(22-23-17)13-5-4-11(26-3)10-14(13)19/h4-5,10,12,29H,6-9,28H2,1-3H3,(H2,20,21,22,23,24). The number of benzene rings is 1. The first-order valence-electron chi connectivity index (χ1n) is 9.21. The first kappa shape index (κ1) is 21.8. The Morgan fingerprint density at radius 2 is 2.07 bits per heavy atom. The molecule has 29 heavy (non-hydrogen) atoms. The molecule has 0 spiro atoms. The summed E-state index contributed by atoms with van der Waals surface area (Å²) in [4.78, 5) is 15.7. The number of methoxy groups -OCH3 is 1. The Bertz CT molecular complexity index is 946. The molecule has 0 radical (unpaired) electrons. The second kappa shape index (κ2) is 8.45. The highest BCUT2D eigenvalue weighted by atomic mass is 32.8. The van der Waals surface area contributed by atoms with Gasteiger partial charge in [-0.3, -0.25) is 14.3 Å². The van der Waals surface area contributed by atoms with Crippen molar-refractivity contribution in [2.24, 2.45) is 0 Å². The van der Waals surface area contributed by atoms with Gasteiger partial charge in [0.25, 0.3) is 0 Å².